The van der Waals surface area contributed by atoms with Gasteiger partial charge in [0.1, 0.15) is 5.75 Å². The Morgan fingerprint density at radius 3 is 2.74 bits per heavy atom. The Hall–Kier alpha value is -2.34. The minimum Gasteiger partial charge on any atom is -0.494 e. The van der Waals surface area contributed by atoms with Crippen LogP contribution in [-0.4, -0.2) is 25.1 Å². The fourth-order valence-corrected chi connectivity index (χ4v) is 2.82. The number of hydrogen-bond acceptors (Lipinski definition) is 5. The Labute approximate surface area is 138 Å². The SMILES string of the molecule is CCOc1ccc(SCC(=O)Nc2ccc3c(c2)OCO3)cc1. The number of rotatable bonds is 6. The first kappa shape index (κ1) is 15.6. The van der Waals surface area contributed by atoms with Gasteiger partial charge in [-0.2, -0.15) is 0 Å². The molecule has 0 saturated heterocycles. The zero-order chi connectivity index (χ0) is 16.1. The summed E-state index contributed by atoms with van der Waals surface area (Å²) < 4.78 is 15.9. The highest BCUT2D eigenvalue weighted by molar-refractivity contribution is 8.00. The van der Waals surface area contributed by atoms with Crippen LogP contribution in [0.25, 0.3) is 0 Å². The Balaban J connectivity index is 1.51. The van der Waals surface area contributed by atoms with Crippen molar-refractivity contribution in [3.8, 4) is 17.2 Å². The number of fused-ring (bicyclic) bond motifs is 1. The molecule has 1 heterocycles. The van der Waals surface area contributed by atoms with E-state index in [4.69, 9.17) is 14.2 Å². The van der Waals surface area contributed by atoms with E-state index in [-0.39, 0.29) is 12.7 Å². The number of nitrogens with one attached hydrogen (secondary N) is 1. The quantitative estimate of drug-likeness (QED) is 0.821. The normalized spacial score (nSPS) is 12.0. The third-order valence-corrected chi connectivity index (χ3v) is 4.17. The molecule has 0 fully saturated rings. The molecule has 1 N–H and O–H groups in total. The third kappa shape index (κ3) is 4.10. The predicted molar refractivity (Wildman–Crippen MR) is 89.5 cm³/mol. The lowest BCUT2D eigenvalue weighted by atomic mass is 10.3. The first-order valence-electron chi connectivity index (χ1n) is 7.30. The minimum absolute atomic E-state index is 0.0669. The van der Waals surface area contributed by atoms with Gasteiger partial charge in [0, 0.05) is 16.6 Å². The molecule has 120 valence electrons. The average Bonchev–Trinajstić information content (AvgIpc) is 3.02. The highest BCUT2D eigenvalue weighted by Gasteiger charge is 2.14. The van der Waals surface area contributed by atoms with E-state index in [1.54, 1.807) is 18.2 Å². The van der Waals surface area contributed by atoms with Crippen LogP contribution >= 0.6 is 11.8 Å². The molecule has 6 heteroatoms. The maximum absolute atomic E-state index is 12.0. The van der Waals surface area contributed by atoms with Crippen LogP contribution in [0.15, 0.2) is 47.4 Å². The number of hydrogen-bond donors (Lipinski definition) is 1. The monoisotopic (exact) mass is 331 g/mol. The molecular weight excluding hydrogens is 314 g/mol. The van der Waals surface area contributed by atoms with E-state index >= 15 is 0 Å². The molecule has 5 nitrogen and oxygen atoms in total. The van der Waals surface area contributed by atoms with Crippen molar-refractivity contribution in [3.63, 3.8) is 0 Å². The molecule has 0 bridgehead atoms. The van der Waals surface area contributed by atoms with Gasteiger partial charge in [0.15, 0.2) is 11.5 Å². The summed E-state index contributed by atoms with van der Waals surface area (Å²) in [6, 6.07) is 13.1. The lowest BCUT2D eigenvalue weighted by Gasteiger charge is -2.07. The summed E-state index contributed by atoms with van der Waals surface area (Å²) in [5, 5.41) is 2.85. The number of amides is 1. The maximum atomic E-state index is 12.0. The van der Waals surface area contributed by atoms with Gasteiger partial charge in [-0.3, -0.25) is 4.79 Å². The number of benzene rings is 2. The van der Waals surface area contributed by atoms with Gasteiger partial charge in [-0.25, -0.2) is 0 Å². The summed E-state index contributed by atoms with van der Waals surface area (Å²) in [7, 11) is 0. The van der Waals surface area contributed by atoms with E-state index in [1.165, 1.54) is 11.8 Å². The predicted octanol–water partition coefficient (Wildman–Crippen LogP) is 3.54. The van der Waals surface area contributed by atoms with Gasteiger partial charge >= 0.3 is 0 Å². The van der Waals surface area contributed by atoms with Crippen molar-refractivity contribution in [1.82, 2.24) is 0 Å². The average molecular weight is 331 g/mol. The van der Waals surface area contributed by atoms with Gasteiger partial charge in [0.2, 0.25) is 12.7 Å². The van der Waals surface area contributed by atoms with Crippen LogP contribution in [0, 0.1) is 0 Å². The molecule has 1 amide bonds. The highest BCUT2D eigenvalue weighted by atomic mass is 32.2. The molecule has 0 aromatic heterocycles. The van der Waals surface area contributed by atoms with Gasteiger partial charge in [-0.15, -0.1) is 11.8 Å². The molecule has 3 rings (SSSR count). The van der Waals surface area contributed by atoms with E-state index in [0.29, 0.717) is 29.5 Å². The van der Waals surface area contributed by atoms with Crippen LogP contribution in [0.3, 0.4) is 0 Å². The molecule has 0 radical (unpaired) electrons. The lowest BCUT2D eigenvalue weighted by Crippen LogP contribution is -2.13. The molecule has 0 aliphatic carbocycles. The van der Waals surface area contributed by atoms with Gasteiger partial charge in [-0.05, 0) is 43.3 Å². The van der Waals surface area contributed by atoms with Gasteiger partial charge < -0.3 is 19.5 Å². The Bertz CT molecular complexity index is 687. The van der Waals surface area contributed by atoms with Crippen molar-refractivity contribution in [3.05, 3.63) is 42.5 Å². The van der Waals surface area contributed by atoms with Gasteiger partial charge in [-0.1, -0.05) is 0 Å². The molecule has 2 aromatic carbocycles. The first-order chi connectivity index (χ1) is 11.2. The number of carbonyl (C=O) groups excluding carboxylic acids is 1. The smallest absolute Gasteiger partial charge is 0.234 e. The van der Waals surface area contributed by atoms with Crippen LogP contribution in [0.5, 0.6) is 17.2 Å². The molecule has 0 atom stereocenters. The molecule has 1 aliphatic rings. The molecule has 2 aromatic rings. The van der Waals surface area contributed by atoms with E-state index in [2.05, 4.69) is 5.32 Å². The summed E-state index contributed by atoms with van der Waals surface area (Å²) in [4.78, 5) is 13.0. The summed E-state index contributed by atoms with van der Waals surface area (Å²) >= 11 is 1.48. The molecule has 23 heavy (non-hydrogen) atoms. The summed E-state index contributed by atoms with van der Waals surface area (Å²) in [6.07, 6.45) is 0. The van der Waals surface area contributed by atoms with Crippen molar-refractivity contribution < 1.29 is 19.0 Å². The standard InChI is InChI=1S/C17H17NO4S/c1-2-20-13-4-6-14(7-5-13)23-10-17(19)18-12-3-8-15-16(9-12)22-11-21-15/h3-9H,2,10-11H2,1H3,(H,18,19). The number of anilines is 1. The zero-order valence-electron chi connectivity index (χ0n) is 12.7. The van der Waals surface area contributed by atoms with Crippen LogP contribution in [0.1, 0.15) is 6.92 Å². The van der Waals surface area contributed by atoms with Crippen LogP contribution in [0.4, 0.5) is 5.69 Å². The number of thioether (sulfide) groups is 1. The second-order valence-corrected chi connectivity index (χ2v) is 5.86. The summed E-state index contributed by atoms with van der Waals surface area (Å²) in [6.45, 7) is 2.81. The second-order valence-electron chi connectivity index (χ2n) is 4.81. The second kappa shape index (κ2) is 7.28. The van der Waals surface area contributed by atoms with Crippen LogP contribution < -0.4 is 19.5 Å². The lowest BCUT2D eigenvalue weighted by molar-refractivity contribution is -0.113. The highest BCUT2D eigenvalue weighted by Crippen LogP contribution is 2.34. The first-order valence-corrected chi connectivity index (χ1v) is 8.28. The van der Waals surface area contributed by atoms with Crippen LogP contribution in [-0.2, 0) is 4.79 Å². The molecular formula is C17H17NO4S. The van der Waals surface area contributed by atoms with Crippen molar-refractivity contribution >= 4 is 23.4 Å². The van der Waals surface area contributed by atoms with Crippen molar-refractivity contribution in [2.75, 3.05) is 24.5 Å². The fraction of sp³-hybridized carbons (Fsp3) is 0.235. The van der Waals surface area contributed by atoms with Gasteiger partial charge in [0.05, 0.1) is 12.4 Å². The fourth-order valence-electron chi connectivity index (χ4n) is 2.12. The van der Waals surface area contributed by atoms with Crippen molar-refractivity contribution in [2.45, 2.75) is 11.8 Å². The van der Waals surface area contributed by atoms with Crippen molar-refractivity contribution in [2.24, 2.45) is 0 Å². The van der Waals surface area contributed by atoms with E-state index in [0.717, 1.165) is 10.6 Å². The van der Waals surface area contributed by atoms with Crippen LogP contribution in [0.2, 0.25) is 0 Å². The summed E-state index contributed by atoms with van der Waals surface area (Å²) in [5.41, 5.74) is 0.701. The molecule has 1 aliphatic heterocycles. The molecule has 0 unspecified atom stereocenters. The van der Waals surface area contributed by atoms with Crippen molar-refractivity contribution in [1.29, 1.82) is 0 Å². The third-order valence-electron chi connectivity index (χ3n) is 3.16. The zero-order valence-corrected chi connectivity index (χ0v) is 13.5. The van der Waals surface area contributed by atoms with E-state index in [9.17, 15) is 4.79 Å². The Kier molecular flexibility index (Phi) is 4.92. The number of carbonyl (C=O) groups is 1. The number of ether oxygens (including phenoxy) is 3. The Morgan fingerprint density at radius 2 is 1.96 bits per heavy atom. The minimum atomic E-state index is -0.0669. The van der Waals surface area contributed by atoms with E-state index in [1.807, 2.05) is 31.2 Å². The van der Waals surface area contributed by atoms with Gasteiger partial charge in [0.25, 0.3) is 0 Å². The maximum Gasteiger partial charge on any atom is 0.234 e. The van der Waals surface area contributed by atoms with E-state index < -0.39 is 0 Å². The largest absolute Gasteiger partial charge is 0.494 e. The Morgan fingerprint density at radius 1 is 1.17 bits per heavy atom. The summed E-state index contributed by atoms with van der Waals surface area (Å²) in [5.74, 6) is 2.46. The topological polar surface area (TPSA) is 56.8 Å². The molecule has 0 saturated carbocycles. The molecule has 0 spiro atoms.